The number of halogens is 1. The fourth-order valence-corrected chi connectivity index (χ4v) is 1.02. The first-order valence-electron chi connectivity index (χ1n) is 3.70. The molecule has 0 saturated heterocycles. The molecule has 1 heterocycles. The summed E-state index contributed by atoms with van der Waals surface area (Å²) in [6.45, 7) is 1.73. The number of Topliss-reactive ketones (excluding diaryl/α,β-unsaturated/α-hetero) is 1. The van der Waals surface area contributed by atoms with Crippen molar-refractivity contribution in [3.8, 4) is 0 Å². The van der Waals surface area contributed by atoms with E-state index in [0.717, 1.165) is 6.08 Å². The highest BCUT2D eigenvalue weighted by atomic mass is 19.1. The average Bonchev–Trinajstić information content (AvgIpc) is 2.34. The predicted molar refractivity (Wildman–Crippen MR) is 45.2 cm³/mol. The molecule has 0 atom stereocenters. The van der Waals surface area contributed by atoms with Crippen molar-refractivity contribution in [3.05, 3.63) is 35.8 Å². The van der Waals surface area contributed by atoms with Crippen molar-refractivity contribution in [1.29, 1.82) is 0 Å². The van der Waals surface area contributed by atoms with Crippen LogP contribution in [0.1, 0.15) is 6.92 Å². The molecule has 0 bridgehead atoms. The van der Waals surface area contributed by atoms with Gasteiger partial charge in [-0.25, -0.2) is 4.39 Å². The Morgan fingerprint density at radius 1 is 1.31 bits per heavy atom. The maximum absolute atomic E-state index is 11.8. The zero-order valence-corrected chi connectivity index (χ0v) is 7.00. The zero-order valence-electron chi connectivity index (χ0n) is 7.00. The van der Waals surface area contributed by atoms with Gasteiger partial charge in [-0.3, -0.25) is 9.59 Å². The van der Waals surface area contributed by atoms with Crippen LogP contribution in [0, 0.1) is 0 Å². The third-order valence-corrected chi connectivity index (χ3v) is 1.55. The van der Waals surface area contributed by atoms with Gasteiger partial charge in [0.05, 0.1) is 17.6 Å². The third-order valence-electron chi connectivity index (χ3n) is 1.55. The van der Waals surface area contributed by atoms with Gasteiger partial charge in [-0.05, 0) is 19.1 Å². The first-order valence-corrected chi connectivity index (χ1v) is 3.70. The Hall–Kier alpha value is -1.71. The van der Waals surface area contributed by atoms with Crippen molar-refractivity contribution in [2.24, 2.45) is 0 Å². The first-order chi connectivity index (χ1) is 6.20. The number of rotatable bonds is 2. The Labute approximate surface area is 74.6 Å². The molecule has 1 aliphatic heterocycles. The second kappa shape index (κ2) is 3.80. The third kappa shape index (κ3) is 1.72. The molecule has 0 aromatic rings. The normalized spacial score (nSPS) is 18.0. The van der Waals surface area contributed by atoms with E-state index in [1.807, 2.05) is 0 Å². The predicted octanol–water partition coefficient (Wildman–Crippen LogP) is 0.999. The van der Waals surface area contributed by atoms with Gasteiger partial charge in [-0.1, -0.05) is 6.08 Å². The lowest BCUT2D eigenvalue weighted by Crippen LogP contribution is -2.20. The number of allylic oxidation sites excluding steroid dienone is 3. The van der Waals surface area contributed by atoms with Crippen molar-refractivity contribution >= 4 is 11.7 Å². The van der Waals surface area contributed by atoms with Crippen LogP contribution in [0.5, 0.6) is 0 Å². The van der Waals surface area contributed by atoms with Gasteiger partial charge in [0, 0.05) is 0 Å². The number of ketones is 1. The first kappa shape index (κ1) is 9.38. The second-order valence-electron chi connectivity index (χ2n) is 2.40. The van der Waals surface area contributed by atoms with Gasteiger partial charge in [0.2, 0.25) is 0 Å². The van der Waals surface area contributed by atoms with Crippen LogP contribution in [0.25, 0.3) is 0 Å². The van der Waals surface area contributed by atoms with Gasteiger partial charge < -0.3 is 5.32 Å². The number of carbonyl (C=O) groups is 2. The van der Waals surface area contributed by atoms with Crippen LogP contribution >= 0.6 is 0 Å². The van der Waals surface area contributed by atoms with Crippen LogP contribution in [-0.4, -0.2) is 11.7 Å². The number of hydrogen-bond acceptors (Lipinski definition) is 2. The van der Waals surface area contributed by atoms with Crippen LogP contribution in [0.15, 0.2) is 35.8 Å². The molecule has 0 unspecified atom stereocenters. The van der Waals surface area contributed by atoms with Crippen LogP contribution in [-0.2, 0) is 9.59 Å². The van der Waals surface area contributed by atoms with Gasteiger partial charge in [0.15, 0.2) is 0 Å². The fourth-order valence-electron chi connectivity index (χ4n) is 1.02. The van der Waals surface area contributed by atoms with Crippen LogP contribution < -0.4 is 5.32 Å². The Balaban J connectivity index is 3.10. The van der Waals surface area contributed by atoms with E-state index in [-0.39, 0.29) is 11.9 Å². The number of carbonyl (C=O) groups excluding carboxylic acids is 2. The topological polar surface area (TPSA) is 46.2 Å². The van der Waals surface area contributed by atoms with E-state index in [0.29, 0.717) is 5.70 Å². The van der Waals surface area contributed by atoms with E-state index < -0.39 is 11.7 Å². The Bertz CT molecular complexity index is 340. The largest absolute Gasteiger partial charge is 0.318 e. The second-order valence-corrected chi connectivity index (χ2v) is 2.40. The van der Waals surface area contributed by atoms with Gasteiger partial charge in [0.25, 0.3) is 11.7 Å². The summed E-state index contributed by atoms with van der Waals surface area (Å²) >= 11 is 0. The van der Waals surface area contributed by atoms with E-state index >= 15 is 0 Å². The molecule has 0 fully saturated rings. The molecule has 0 aliphatic carbocycles. The lowest BCUT2D eigenvalue weighted by molar-refractivity contribution is -0.134. The summed E-state index contributed by atoms with van der Waals surface area (Å²) in [7, 11) is 0. The summed E-state index contributed by atoms with van der Waals surface area (Å²) in [5.41, 5.74) is 0.400. The molecule has 0 aromatic carbocycles. The molecule has 1 rings (SSSR count). The molecule has 0 radical (unpaired) electrons. The monoisotopic (exact) mass is 181 g/mol. The highest BCUT2D eigenvalue weighted by Crippen LogP contribution is 2.13. The molecular formula is C9H8FNO2. The zero-order chi connectivity index (χ0) is 9.84. The minimum Gasteiger partial charge on any atom is -0.318 e. The van der Waals surface area contributed by atoms with Crippen molar-refractivity contribution < 1.29 is 14.0 Å². The molecule has 13 heavy (non-hydrogen) atoms. The summed E-state index contributed by atoms with van der Waals surface area (Å²) in [5.74, 6) is -1.43. The van der Waals surface area contributed by atoms with Crippen LogP contribution in [0.4, 0.5) is 4.39 Å². The maximum atomic E-state index is 11.8. The smallest absolute Gasteiger partial charge is 0.296 e. The maximum Gasteiger partial charge on any atom is 0.296 e. The summed E-state index contributed by atoms with van der Waals surface area (Å²) in [6.07, 6.45) is 4.39. The Morgan fingerprint density at radius 3 is 2.54 bits per heavy atom. The van der Waals surface area contributed by atoms with Gasteiger partial charge >= 0.3 is 0 Å². The fraction of sp³-hybridized carbons (Fsp3) is 0.111. The van der Waals surface area contributed by atoms with E-state index in [4.69, 9.17) is 0 Å². The van der Waals surface area contributed by atoms with E-state index in [9.17, 15) is 14.0 Å². The summed E-state index contributed by atoms with van der Waals surface area (Å²) in [5, 5.41) is 2.33. The van der Waals surface area contributed by atoms with Gasteiger partial charge in [-0.15, -0.1) is 0 Å². The minimum absolute atomic E-state index is 0.0607. The summed E-state index contributed by atoms with van der Waals surface area (Å²) < 4.78 is 11.8. The van der Waals surface area contributed by atoms with E-state index in [2.05, 4.69) is 5.32 Å². The molecule has 0 aromatic heterocycles. The standard InChI is InChI=1S/C9H8FNO2/c1-2-3-7-6(4-5-10)8(12)9(13)11-7/h2-5H,1H3,(H,11,12,13)/b3-2-,5-4+. The molecule has 3 nitrogen and oxygen atoms in total. The van der Waals surface area contributed by atoms with Crippen molar-refractivity contribution in [1.82, 2.24) is 5.32 Å². The minimum atomic E-state index is -0.721. The number of hydrogen-bond donors (Lipinski definition) is 1. The molecular weight excluding hydrogens is 173 g/mol. The lowest BCUT2D eigenvalue weighted by atomic mass is 10.1. The lowest BCUT2D eigenvalue weighted by Gasteiger charge is -1.92. The SMILES string of the molecule is C/C=C\C1=C(/C=C/F)C(=O)C(=O)N1. The van der Waals surface area contributed by atoms with Crippen molar-refractivity contribution in [3.63, 3.8) is 0 Å². The molecule has 1 amide bonds. The number of amides is 1. The molecule has 0 spiro atoms. The summed E-state index contributed by atoms with van der Waals surface area (Å²) in [6, 6.07) is 0. The highest BCUT2D eigenvalue weighted by molar-refractivity contribution is 6.46. The van der Waals surface area contributed by atoms with Crippen molar-refractivity contribution in [2.45, 2.75) is 6.92 Å². The van der Waals surface area contributed by atoms with E-state index in [1.165, 1.54) is 6.08 Å². The molecule has 1 aliphatic rings. The van der Waals surface area contributed by atoms with Gasteiger partial charge in [-0.2, -0.15) is 0 Å². The molecule has 1 N–H and O–H groups in total. The van der Waals surface area contributed by atoms with Gasteiger partial charge in [0.1, 0.15) is 0 Å². The molecule has 4 heteroatoms. The van der Waals surface area contributed by atoms with Crippen LogP contribution in [0.3, 0.4) is 0 Å². The highest BCUT2D eigenvalue weighted by Gasteiger charge is 2.27. The Kier molecular flexibility index (Phi) is 2.74. The van der Waals surface area contributed by atoms with Crippen LogP contribution in [0.2, 0.25) is 0 Å². The quantitative estimate of drug-likeness (QED) is 0.646. The average molecular weight is 181 g/mol. The molecule has 0 saturated carbocycles. The Morgan fingerprint density at radius 2 is 2.00 bits per heavy atom. The van der Waals surface area contributed by atoms with Crippen molar-refractivity contribution in [2.75, 3.05) is 0 Å². The number of nitrogens with one attached hydrogen (secondary N) is 1. The molecule has 68 valence electrons. The van der Waals surface area contributed by atoms with E-state index in [1.54, 1.807) is 13.0 Å². The summed E-state index contributed by atoms with van der Waals surface area (Å²) in [4.78, 5) is 21.9.